The van der Waals surface area contributed by atoms with Crippen molar-refractivity contribution in [2.45, 2.75) is 22.8 Å². The van der Waals surface area contributed by atoms with Gasteiger partial charge in [-0.1, -0.05) is 11.8 Å². The van der Waals surface area contributed by atoms with E-state index in [1.54, 1.807) is 30.8 Å². The Morgan fingerprint density at radius 3 is 2.14 bits per heavy atom. The van der Waals surface area contributed by atoms with Crippen LogP contribution >= 0.6 is 11.8 Å². The molecule has 0 saturated heterocycles. The molecule has 0 aliphatic rings. The van der Waals surface area contributed by atoms with Crippen LogP contribution in [0.2, 0.25) is 0 Å². The average Bonchev–Trinajstić information content (AvgIpc) is 2.50. The number of hydrogen-bond acceptors (Lipinski definition) is 4. The van der Waals surface area contributed by atoms with Crippen molar-refractivity contribution < 1.29 is 4.79 Å². The molecule has 21 heavy (non-hydrogen) atoms. The van der Waals surface area contributed by atoms with Crippen LogP contribution in [0.5, 0.6) is 0 Å². The molecule has 1 unspecified atom stereocenters. The Bertz CT molecular complexity index is 657. The molecule has 2 rings (SSSR count). The minimum absolute atomic E-state index is 0.206. The highest BCUT2D eigenvalue weighted by Gasteiger charge is 2.07. The predicted molar refractivity (Wildman–Crippen MR) is 84.0 cm³/mol. The third kappa shape index (κ3) is 4.35. The molecule has 0 aliphatic heterocycles. The summed E-state index contributed by atoms with van der Waals surface area (Å²) in [6.07, 6.45) is 0. The van der Waals surface area contributed by atoms with Crippen molar-refractivity contribution in [1.29, 1.82) is 5.26 Å². The van der Waals surface area contributed by atoms with Gasteiger partial charge in [0, 0.05) is 15.5 Å². The summed E-state index contributed by atoms with van der Waals surface area (Å²) >= 11 is 1.59. The van der Waals surface area contributed by atoms with Crippen molar-refractivity contribution >= 4 is 23.4 Å². The highest BCUT2D eigenvalue weighted by atomic mass is 32.2. The number of carbonyl (C=O) groups excluding carboxylic acids is 1. The van der Waals surface area contributed by atoms with Gasteiger partial charge in [0.1, 0.15) is 0 Å². The third-order valence-electron chi connectivity index (χ3n) is 2.75. The first kappa shape index (κ1) is 15.1. The Morgan fingerprint density at radius 1 is 1.14 bits per heavy atom. The lowest BCUT2D eigenvalue weighted by Crippen LogP contribution is -2.32. The highest BCUT2D eigenvalue weighted by Crippen LogP contribution is 2.28. The number of nitrogens with two attached hydrogens (primary N) is 1. The fraction of sp³-hybridized carbons (Fsp3) is 0.125. The standard InChI is InChI=1S/C16H15N3OS/c1-11(18)16(20)19-13-4-8-15(9-5-13)21-14-6-2-12(10-17)3-7-14/h2-9,11H,18H2,1H3,(H,19,20). The third-order valence-corrected chi connectivity index (χ3v) is 3.77. The second kappa shape index (κ2) is 6.93. The number of carbonyl (C=O) groups is 1. The molecule has 1 amide bonds. The van der Waals surface area contributed by atoms with Crippen LogP contribution < -0.4 is 11.1 Å². The van der Waals surface area contributed by atoms with E-state index in [9.17, 15) is 4.79 Å². The van der Waals surface area contributed by atoms with Crippen LogP contribution in [0.25, 0.3) is 0 Å². The Balaban J connectivity index is 2.02. The Morgan fingerprint density at radius 2 is 1.67 bits per heavy atom. The molecule has 0 bridgehead atoms. The summed E-state index contributed by atoms with van der Waals surface area (Å²) in [6.45, 7) is 1.64. The average molecular weight is 297 g/mol. The van der Waals surface area contributed by atoms with Gasteiger partial charge >= 0.3 is 0 Å². The molecule has 0 saturated carbocycles. The summed E-state index contributed by atoms with van der Waals surface area (Å²) in [4.78, 5) is 13.6. The van der Waals surface area contributed by atoms with Crippen molar-refractivity contribution in [3.8, 4) is 6.07 Å². The van der Waals surface area contributed by atoms with Crippen LogP contribution in [0.3, 0.4) is 0 Å². The fourth-order valence-electron chi connectivity index (χ4n) is 1.60. The molecular formula is C16H15N3OS. The van der Waals surface area contributed by atoms with E-state index in [0.29, 0.717) is 5.56 Å². The van der Waals surface area contributed by atoms with E-state index in [0.717, 1.165) is 15.5 Å². The normalized spacial score (nSPS) is 11.5. The van der Waals surface area contributed by atoms with E-state index in [1.165, 1.54) is 0 Å². The predicted octanol–water partition coefficient (Wildman–Crippen LogP) is 3.00. The van der Waals surface area contributed by atoms with Crippen molar-refractivity contribution in [1.82, 2.24) is 0 Å². The number of amides is 1. The number of anilines is 1. The number of nitrogens with one attached hydrogen (secondary N) is 1. The van der Waals surface area contributed by atoms with Gasteiger partial charge in [-0.05, 0) is 55.5 Å². The highest BCUT2D eigenvalue weighted by molar-refractivity contribution is 7.99. The van der Waals surface area contributed by atoms with Crippen molar-refractivity contribution in [3.63, 3.8) is 0 Å². The van der Waals surface area contributed by atoms with Gasteiger partial charge in [-0.15, -0.1) is 0 Å². The number of benzene rings is 2. The van der Waals surface area contributed by atoms with Crippen molar-refractivity contribution in [2.24, 2.45) is 5.73 Å². The second-order valence-corrected chi connectivity index (χ2v) is 5.69. The number of hydrogen-bond donors (Lipinski definition) is 2. The zero-order chi connectivity index (χ0) is 15.2. The van der Waals surface area contributed by atoms with Crippen LogP contribution in [-0.2, 0) is 4.79 Å². The quantitative estimate of drug-likeness (QED) is 0.909. The summed E-state index contributed by atoms with van der Waals surface area (Å²) < 4.78 is 0. The first-order valence-electron chi connectivity index (χ1n) is 6.43. The maximum absolute atomic E-state index is 11.5. The first-order chi connectivity index (χ1) is 10.1. The molecule has 2 aromatic rings. The van der Waals surface area contributed by atoms with Gasteiger partial charge in [0.25, 0.3) is 0 Å². The van der Waals surface area contributed by atoms with Crippen molar-refractivity contribution in [3.05, 3.63) is 54.1 Å². The Hall–Kier alpha value is -2.29. The van der Waals surface area contributed by atoms with Gasteiger partial charge < -0.3 is 11.1 Å². The lowest BCUT2D eigenvalue weighted by atomic mass is 10.2. The van der Waals surface area contributed by atoms with E-state index in [-0.39, 0.29) is 5.91 Å². The molecule has 0 fully saturated rings. The molecule has 5 heteroatoms. The van der Waals surface area contributed by atoms with Crippen molar-refractivity contribution in [2.75, 3.05) is 5.32 Å². The molecule has 1 atom stereocenters. The molecule has 4 nitrogen and oxygen atoms in total. The topological polar surface area (TPSA) is 78.9 Å². The SMILES string of the molecule is CC(N)C(=O)Nc1ccc(Sc2ccc(C#N)cc2)cc1. The van der Waals surface area contributed by atoms with E-state index in [4.69, 9.17) is 11.0 Å². The summed E-state index contributed by atoms with van der Waals surface area (Å²) in [5.74, 6) is -0.206. The lowest BCUT2D eigenvalue weighted by Gasteiger charge is -2.08. The summed E-state index contributed by atoms with van der Waals surface area (Å²) in [7, 11) is 0. The molecule has 0 aromatic heterocycles. The minimum Gasteiger partial charge on any atom is -0.325 e. The van der Waals surface area contributed by atoms with E-state index in [2.05, 4.69) is 11.4 Å². The molecule has 0 aliphatic carbocycles. The number of nitrogens with zero attached hydrogens (tertiary/aromatic N) is 1. The molecule has 106 valence electrons. The summed E-state index contributed by atoms with van der Waals surface area (Å²) in [5.41, 5.74) is 6.87. The van der Waals surface area contributed by atoms with Gasteiger partial charge in [-0.3, -0.25) is 4.79 Å². The van der Waals surface area contributed by atoms with Gasteiger partial charge in [0.15, 0.2) is 0 Å². The van der Waals surface area contributed by atoms with Gasteiger partial charge in [-0.2, -0.15) is 5.26 Å². The molecule has 0 heterocycles. The Kier molecular flexibility index (Phi) is 4.99. The largest absolute Gasteiger partial charge is 0.325 e. The van der Waals surface area contributed by atoms with Gasteiger partial charge in [0.05, 0.1) is 17.7 Å². The molecule has 2 aromatic carbocycles. The Labute approximate surface area is 128 Å². The number of rotatable bonds is 4. The maximum Gasteiger partial charge on any atom is 0.240 e. The number of nitriles is 1. The fourth-order valence-corrected chi connectivity index (χ4v) is 2.41. The molecule has 3 N–H and O–H groups in total. The van der Waals surface area contributed by atoms with Crippen LogP contribution in [0.4, 0.5) is 5.69 Å². The molecular weight excluding hydrogens is 282 g/mol. The summed E-state index contributed by atoms with van der Waals surface area (Å²) in [6, 6.07) is 16.5. The van der Waals surface area contributed by atoms with Gasteiger partial charge in [-0.25, -0.2) is 0 Å². The van der Waals surface area contributed by atoms with Crippen LogP contribution in [0.15, 0.2) is 58.3 Å². The van der Waals surface area contributed by atoms with E-state index in [1.807, 2.05) is 36.4 Å². The van der Waals surface area contributed by atoms with Crippen LogP contribution in [-0.4, -0.2) is 11.9 Å². The monoisotopic (exact) mass is 297 g/mol. The second-order valence-electron chi connectivity index (χ2n) is 4.54. The molecule has 0 spiro atoms. The maximum atomic E-state index is 11.5. The molecule has 0 radical (unpaired) electrons. The summed E-state index contributed by atoms with van der Waals surface area (Å²) in [5, 5.41) is 11.5. The zero-order valence-corrected chi connectivity index (χ0v) is 12.4. The smallest absolute Gasteiger partial charge is 0.240 e. The van der Waals surface area contributed by atoms with Crippen LogP contribution in [0.1, 0.15) is 12.5 Å². The zero-order valence-electron chi connectivity index (χ0n) is 11.5. The van der Waals surface area contributed by atoms with E-state index >= 15 is 0 Å². The van der Waals surface area contributed by atoms with E-state index < -0.39 is 6.04 Å². The van der Waals surface area contributed by atoms with Crippen LogP contribution in [0, 0.1) is 11.3 Å². The minimum atomic E-state index is -0.530. The van der Waals surface area contributed by atoms with Gasteiger partial charge in [0.2, 0.25) is 5.91 Å². The first-order valence-corrected chi connectivity index (χ1v) is 7.24. The lowest BCUT2D eigenvalue weighted by molar-refractivity contribution is -0.117.